The number of aliphatic hydroxyl groups is 1. The molecule has 1 aliphatic heterocycles. The van der Waals surface area contributed by atoms with Crippen molar-refractivity contribution in [1.29, 1.82) is 0 Å². The number of phenols is 1. The second-order valence-corrected chi connectivity index (χ2v) is 7.68. The number of amides is 2. The van der Waals surface area contributed by atoms with E-state index in [4.69, 9.17) is 21.4 Å². The van der Waals surface area contributed by atoms with E-state index >= 15 is 0 Å². The highest BCUT2D eigenvalue weighted by Crippen LogP contribution is 2.42. The second-order valence-electron chi connectivity index (χ2n) is 7.28. The summed E-state index contributed by atoms with van der Waals surface area (Å²) in [6.07, 6.45) is 0.432. The van der Waals surface area contributed by atoms with Crippen molar-refractivity contribution in [3.8, 4) is 22.6 Å². The van der Waals surface area contributed by atoms with Crippen LogP contribution in [0.3, 0.4) is 0 Å². The molecule has 156 valence electrons. The number of nitrogens with one attached hydrogen (secondary N) is 2. The van der Waals surface area contributed by atoms with Crippen LogP contribution in [0, 0.1) is 0 Å². The van der Waals surface area contributed by atoms with E-state index in [1.54, 1.807) is 30.3 Å². The van der Waals surface area contributed by atoms with Crippen LogP contribution >= 0.6 is 11.6 Å². The zero-order valence-electron chi connectivity index (χ0n) is 16.2. The Bertz CT molecular complexity index is 1390. The topological polar surface area (TPSA) is 112 Å². The summed E-state index contributed by atoms with van der Waals surface area (Å²) in [6, 6.07) is 12.1. The van der Waals surface area contributed by atoms with Crippen molar-refractivity contribution in [2.45, 2.75) is 6.42 Å². The largest absolute Gasteiger partial charge is 0.504 e. The van der Waals surface area contributed by atoms with E-state index in [1.165, 1.54) is 6.07 Å². The summed E-state index contributed by atoms with van der Waals surface area (Å²) >= 11 is 6.38. The number of rotatable bonds is 5. The van der Waals surface area contributed by atoms with Gasteiger partial charge in [-0.1, -0.05) is 29.8 Å². The van der Waals surface area contributed by atoms with Gasteiger partial charge in [0.2, 0.25) is 0 Å². The maximum atomic E-state index is 12.7. The number of aliphatic hydroxyl groups excluding tert-OH is 1. The van der Waals surface area contributed by atoms with Crippen molar-refractivity contribution in [3.05, 3.63) is 58.6 Å². The van der Waals surface area contributed by atoms with Crippen molar-refractivity contribution >= 4 is 45.2 Å². The lowest BCUT2D eigenvalue weighted by molar-refractivity contribution is 0.0880. The maximum Gasteiger partial charge on any atom is 0.259 e. The van der Waals surface area contributed by atoms with Crippen LogP contribution in [0.5, 0.6) is 11.5 Å². The molecule has 1 aromatic heterocycles. The quantitative estimate of drug-likeness (QED) is 0.279. The number of hydrogen-bond donors (Lipinski definition) is 4. The molecular formula is C23H17ClN2O5. The number of carbonyl (C=O) groups excluding carboxylic acids is 2. The number of aromatic amines is 1. The monoisotopic (exact) mass is 436 g/mol. The number of phenolic OH excluding ortho intramolecular Hbond substituents is 1. The van der Waals surface area contributed by atoms with Crippen LogP contribution < -0.4 is 10.1 Å². The van der Waals surface area contributed by atoms with Gasteiger partial charge in [0.05, 0.1) is 23.3 Å². The molecule has 2 heterocycles. The molecule has 4 N–H and O–H groups in total. The van der Waals surface area contributed by atoms with E-state index in [9.17, 15) is 14.7 Å². The molecule has 0 unspecified atom stereocenters. The van der Waals surface area contributed by atoms with Crippen molar-refractivity contribution in [3.63, 3.8) is 0 Å². The second kappa shape index (κ2) is 7.30. The molecule has 0 atom stereocenters. The highest BCUT2D eigenvalue weighted by Gasteiger charge is 2.34. The van der Waals surface area contributed by atoms with Gasteiger partial charge in [0.1, 0.15) is 0 Å². The zero-order valence-corrected chi connectivity index (χ0v) is 16.9. The van der Waals surface area contributed by atoms with Gasteiger partial charge in [-0.15, -0.1) is 0 Å². The van der Waals surface area contributed by atoms with Gasteiger partial charge in [-0.3, -0.25) is 14.9 Å². The minimum atomic E-state index is -0.498. The lowest BCUT2D eigenvalue weighted by atomic mass is 9.93. The third-order valence-corrected chi connectivity index (χ3v) is 5.70. The van der Waals surface area contributed by atoms with Crippen LogP contribution in [0.2, 0.25) is 5.02 Å². The Balaban J connectivity index is 1.80. The van der Waals surface area contributed by atoms with Gasteiger partial charge in [0.15, 0.2) is 11.5 Å². The molecule has 1 aliphatic rings. The summed E-state index contributed by atoms with van der Waals surface area (Å²) in [5.74, 6) is -0.821. The Kier molecular flexibility index (Phi) is 4.57. The van der Waals surface area contributed by atoms with Crippen molar-refractivity contribution in [2.75, 3.05) is 13.2 Å². The van der Waals surface area contributed by atoms with E-state index in [2.05, 4.69) is 10.3 Å². The Hall–Kier alpha value is -3.55. The number of benzene rings is 3. The molecule has 0 radical (unpaired) electrons. The predicted molar refractivity (Wildman–Crippen MR) is 117 cm³/mol. The standard InChI is InChI=1S/C23H17ClN2O5/c24-14-5-2-1-4-11(14)12-8-16-19(21-20(12)22(29)26-23(21)30)13-9-17(28)18(10-15(13)25-16)31-7-3-6-27/h1-2,4-5,8-10,25,27-28H,3,6-7H2,(H,26,29,30). The van der Waals surface area contributed by atoms with E-state index in [0.717, 1.165) is 0 Å². The molecule has 0 saturated carbocycles. The highest BCUT2D eigenvalue weighted by molar-refractivity contribution is 6.36. The van der Waals surface area contributed by atoms with E-state index in [1.807, 2.05) is 6.07 Å². The lowest BCUT2D eigenvalue weighted by Gasteiger charge is -2.10. The van der Waals surface area contributed by atoms with Gasteiger partial charge in [-0.05, 0) is 23.8 Å². The number of halogens is 1. The molecule has 3 aromatic carbocycles. The molecule has 0 spiro atoms. The number of aromatic hydroxyl groups is 1. The number of carbonyl (C=O) groups is 2. The molecule has 4 aromatic rings. The van der Waals surface area contributed by atoms with Gasteiger partial charge in [0, 0.05) is 46.0 Å². The van der Waals surface area contributed by atoms with Crippen LogP contribution in [-0.2, 0) is 0 Å². The molecule has 31 heavy (non-hydrogen) atoms. The first-order valence-electron chi connectivity index (χ1n) is 9.69. The fraction of sp³-hybridized carbons (Fsp3) is 0.130. The van der Waals surface area contributed by atoms with Crippen molar-refractivity contribution < 1.29 is 24.5 Å². The highest BCUT2D eigenvalue weighted by atomic mass is 35.5. The Morgan fingerprint density at radius 3 is 2.52 bits per heavy atom. The normalized spacial score (nSPS) is 13.1. The number of fused-ring (bicyclic) bond motifs is 5. The van der Waals surface area contributed by atoms with Crippen LogP contribution in [0.25, 0.3) is 32.9 Å². The SMILES string of the molecule is O=C1NC(=O)c2c1c(-c1ccccc1Cl)cc1[nH]c3cc(OCCCO)c(O)cc3c21. The molecular weight excluding hydrogens is 420 g/mol. The predicted octanol–water partition coefficient (Wildman–Crippen LogP) is 3.99. The lowest BCUT2D eigenvalue weighted by Crippen LogP contribution is -2.20. The summed E-state index contributed by atoms with van der Waals surface area (Å²) in [6.45, 7) is 0.230. The number of ether oxygens (including phenoxy) is 1. The fourth-order valence-corrected chi connectivity index (χ4v) is 4.27. The van der Waals surface area contributed by atoms with Crippen LogP contribution in [-0.4, -0.2) is 40.2 Å². The molecule has 2 amide bonds. The molecule has 0 aliphatic carbocycles. The summed E-state index contributed by atoms with van der Waals surface area (Å²) in [7, 11) is 0. The van der Waals surface area contributed by atoms with E-state index in [0.29, 0.717) is 44.4 Å². The number of imide groups is 1. The first-order valence-corrected chi connectivity index (χ1v) is 10.1. The smallest absolute Gasteiger partial charge is 0.259 e. The zero-order chi connectivity index (χ0) is 21.7. The maximum absolute atomic E-state index is 12.7. The number of hydrogen-bond acceptors (Lipinski definition) is 5. The van der Waals surface area contributed by atoms with Gasteiger partial charge < -0.3 is 19.9 Å². The van der Waals surface area contributed by atoms with Gasteiger partial charge >= 0.3 is 0 Å². The first-order chi connectivity index (χ1) is 15.0. The molecule has 0 bridgehead atoms. The fourth-order valence-electron chi connectivity index (χ4n) is 4.03. The summed E-state index contributed by atoms with van der Waals surface area (Å²) in [5.41, 5.74) is 2.96. The van der Waals surface area contributed by atoms with E-state index in [-0.39, 0.29) is 35.8 Å². The molecule has 0 saturated heterocycles. The van der Waals surface area contributed by atoms with Crippen molar-refractivity contribution in [1.82, 2.24) is 10.3 Å². The summed E-state index contributed by atoms with van der Waals surface area (Å²) < 4.78 is 5.54. The Labute approximate surface area is 181 Å². The molecule has 8 heteroatoms. The third kappa shape index (κ3) is 3.01. The average Bonchev–Trinajstić information content (AvgIpc) is 3.24. The van der Waals surface area contributed by atoms with Gasteiger partial charge in [-0.25, -0.2) is 0 Å². The van der Waals surface area contributed by atoms with Crippen LogP contribution in [0.1, 0.15) is 27.1 Å². The minimum Gasteiger partial charge on any atom is -0.504 e. The van der Waals surface area contributed by atoms with Gasteiger partial charge in [-0.2, -0.15) is 0 Å². The molecule has 0 fully saturated rings. The third-order valence-electron chi connectivity index (χ3n) is 5.37. The van der Waals surface area contributed by atoms with E-state index < -0.39 is 11.8 Å². The average molecular weight is 437 g/mol. The minimum absolute atomic E-state index is 0.0184. The first kappa shape index (κ1) is 19.4. The molecule has 5 rings (SSSR count). The number of aromatic nitrogens is 1. The Morgan fingerprint density at radius 2 is 1.74 bits per heavy atom. The van der Waals surface area contributed by atoms with Crippen LogP contribution in [0.15, 0.2) is 42.5 Å². The molecule has 7 nitrogen and oxygen atoms in total. The van der Waals surface area contributed by atoms with Crippen molar-refractivity contribution in [2.24, 2.45) is 0 Å². The summed E-state index contributed by atoms with van der Waals surface area (Å²) in [5, 5.41) is 23.3. The van der Waals surface area contributed by atoms with Crippen LogP contribution in [0.4, 0.5) is 0 Å². The summed E-state index contributed by atoms with van der Waals surface area (Å²) in [4.78, 5) is 28.7. The van der Waals surface area contributed by atoms with Gasteiger partial charge in [0.25, 0.3) is 11.8 Å². The number of H-pyrrole nitrogens is 1. The Morgan fingerprint density at radius 1 is 0.968 bits per heavy atom.